The first-order valence-corrected chi connectivity index (χ1v) is 10.5. The van der Waals surface area contributed by atoms with E-state index in [1.54, 1.807) is 12.0 Å². The Labute approximate surface area is 178 Å². The largest absolute Gasteiger partial charge is 0.503 e. The first-order valence-electron chi connectivity index (χ1n) is 10.5. The summed E-state index contributed by atoms with van der Waals surface area (Å²) in [6.45, 7) is 2.60. The van der Waals surface area contributed by atoms with Crippen molar-refractivity contribution < 1.29 is 19.4 Å². The van der Waals surface area contributed by atoms with Crippen LogP contribution in [0, 0.1) is 0 Å². The molecule has 0 saturated heterocycles. The van der Waals surface area contributed by atoms with Crippen LogP contribution >= 0.6 is 0 Å². The number of nitrogens with zero attached hydrogens (tertiary/aromatic N) is 1. The topological polar surface area (TPSA) is 66.8 Å². The number of aliphatic hydroxyl groups is 1. The van der Waals surface area contributed by atoms with Crippen LogP contribution in [0.1, 0.15) is 49.8 Å². The maximum absolute atomic E-state index is 13.1. The van der Waals surface area contributed by atoms with Gasteiger partial charge in [-0.25, -0.2) is 0 Å². The maximum Gasteiger partial charge on any atom is 0.290 e. The lowest BCUT2D eigenvalue weighted by atomic mass is 9.93. The standard InChI is InChI=1S/C25H29NO4/c1-3-4-8-17-26-23(19-12-14-20(30-2)15-13-19)22(24(28)25(26)29)21(27)16-11-18-9-6-5-7-10-18/h5-7,9-10,12-15,23,28H,3-4,8,11,16-17H2,1-2H3. The molecular formula is C25H29NO4. The second-order valence-corrected chi connectivity index (χ2v) is 7.55. The number of aliphatic hydroxyl groups excluding tert-OH is 1. The molecule has 30 heavy (non-hydrogen) atoms. The van der Waals surface area contributed by atoms with Crippen molar-refractivity contribution in [3.05, 3.63) is 77.1 Å². The smallest absolute Gasteiger partial charge is 0.290 e. The lowest BCUT2D eigenvalue weighted by Gasteiger charge is -2.27. The fraction of sp³-hybridized carbons (Fsp3) is 0.360. The van der Waals surface area contributed by atoms with Crippen LogP contribution in [-0.4, -0.2) is 35.4 Å². The van der Waals surface area contributed by atoms with Gasteiger partial charge in [0, 0.05) is 13.0 Å². The molecule has 3 rings (SSSR count). The normalized spacial score (nSPS) is 16.3. The van der Waals surface area contributed by atoms with E-state index >= 15 is 0 Å². The zero-order valence-corrected chi connectivity index (χ0v) is 17.6. The molecular weight excluding hydrogens is 378 g/mol. The van der Waals surface area contributed by atoms with E-state index in [0.29, 0.717) is 18.7 Å². The number of aryl methyl sites for hydroxylation is 1. The number of amides is 1. The van der Waals surface area contributed by atoms with Gasteiger partial charge in [-0.2, -0.15) is 0 Å². The molecule has 1 unspecified atom stereocenters. The summed E-state index contributed by atoms with van der Waals surface area (Å²) >= 11 is 0. The molecule has 0 radical (unpaired) electrons. The average Bonchev–Trinajstić information content (AvgIpc) is 3.03. The summed E-state index contributed by atoms with van der Waals surface area (Å²) in [5.74, 6) is -0.366. The Morgan fingerprint density at radius 2 is 1.77 bits per heavy atom. The molecule has 0 bridgehead atoms. The molecule has 0 saturated carbocycles. The van der Waals surface area contributed by atoms with Crippen LogP contribution in [0.4, 0.5) is 0 Å². The highest BCUT2D eigenvalue weighted by atomic mass is 16.5. The van der Waals surface area contributed by atoms with Gasteiger partial charge in [0.05, 0.1) is 18.7 Å². The predicted octanol–water partition coefficient (Wildman–Crippen LogP) is 4.78. The van der Waals surface area contributed by atoms with E-state index in [0.717, 1.165) is 30.4 Å². The fourth-order valence-corrected chi connectivity index (χ4v) is 3.87. The molecule has 0 fully saturated rings. The first kappa shape index (κ1) is 21.6. The fourth-order valence-electron chi connectivity index (χ4n) is 3.87. The van der Waals surface area contributed by atoms with Gasteiger partial charge in [0.25, 0.3) is 5.91 Å². The van der Waals surface area contributed by atoms with Gasteiger partial charge in [-0.3, -0.25) is 9.59 Å². The van der Waals surface area contributed by atoms with Crippen LogP contribution in [0.2, 0.25) is 0 Å². The quantitative estimate of drug-likeness (QED) is 0.576. The van der Waals surface area contributed by atoms with Crippen LogP contribution in [-0.2, 0) is 16.0 Å². The Morgan fingerprint density at radius 1 is 1.07 bits per heavy atom. The number of rotatable bonds is 10. The molecule has 0 aromatic heterocycles. The minimum atomic E-state index is -0.566. The van der Waals surface area contributed by atoms with Crippen molar-refractivity contribution in [2.24, 2.45) is 0 Å². The number of carbonyl (C=O) groups is 2. The van der Waals surface area contributed by atoms with Gasteiger partial charge in [-0.1, -0.05) is 62.2 Å². The van der Waals surface area contributed by atoms with Gasteiger partial charge in [0.2, 0.25) is 0 Å². The number of hydrogen-bond donors (Lipinski definition) is 1. The van der Waals surface area contributed by atoms with Crippen molar-refractivity contribution in [3.63, 3.8) is 0 Å². The highest BCUT2D eigenvalue weighted by Gasteiger charge is 2.42. The molecule has 158 valence electrons. The lowest BCUT2D eigenvalue weighted by molar-refractivity contribution is -0.129. The van der Waals surface area contributed by atoms with Crippen molar-refractivity contribution >= 4 is 11.7 Å². The molecule has 1 atom stereocenters. The molecule has 1 aliphatic rings. The van der Waals surface area contributed by atoms with Crippen molar-refractivity contribution in [2.45, 2.75) is 45.1 Å². The van der Waals surface area contributed by atoms with Crippen molar-refractivity contribution in [1.29, 1.82) is 0 Å². The number of ketones is 1. The van der Waals surface area contributed by atoms with Gasteiger partial charge in [0.1, 0.15) is 5.75 Å². The Hall–Kier alpha value is -3.08. The Bertz CT molecular complexity index is 903. The molecule has 1 amide bonds. The molecule has 2 aromatic carbocycles. The van der Waals surface area contributed by atoms with Crippen LogP contribution < -0.4 is 4.74 Å². The molecule has 1 heterocycles. The van der Waals surface area contributed by atoms with E-state index < -0.39 is 17.7 Å². The summed E-state index contributed by atoms with van der Waals surface area (Å²) in [7, 11) is 1.59. The van der Waals surface area contributed by atoms with E-state index in [1.165, 1.54) is 0 Å². The summed E-state index contributed by atoms with van der Waals surface area (Å²) in [5, 5.41) is 10.6. The molecule has 1 N–H and O–H groups in total. The second kappa shape index (κ2) is 10.1. The number of ether oxygens (including phenoxy) is 1. The zero-order valence-electron chi connectivity index (χ0n) is 17.6. The monoisotopic (exact) mass is 407 g/mol. The molecule has 2 aromatic rings. The van der Waals surface area contributed by atoms with Gasteiger partial charge in [-0.05, 0) is 36.1 Å². The maximum atomic E-state index is 13.1. The average molecular weight is 408 g/mol. The molecule has 5 nitrogen and oxygen atoms in total. The summed E-state index contributed by atoms with van der Waals surface area (Å²) < 4.78 is 5.23. The molecule has 5 heteroatoms. The number of methoxy groups -OCH3 is 1. The summed E-state index contributed by atoms with van der Waals surface area (Å²) in [6, 6.07) is 16.5. The van der Waals surface area contributed by atoms with Gasteiger partial charge < -0.3 is 14.7 Å². The number of unbranched alkanes of at least 4 members (excludes halogenated alkanes) is 2. The lowest BCUT2D eigenvalue weighted by Crippen LogP contribution is -2.32. The van der Waals surface area contributed by atoms with Crippen LogP contribution in [0.25, 0.3) is 0 Å². The summed E-state index contributed by atoms with van der Waals surface area (Å²) in [4.78, 5) is 27.6. The Kier molecular flexibility index (Phi) is 7.28. The molecule has 0 spiro atoms. The SMILES string of the molecule is CCCCCN1C(=O)C(O)=C(C(=O)CCc2ccccc2)C1c1ccc(OC)cc1. The number of hydrogen-bond acceptors (Lipinski definition) is 4. The Morgan fingerprint density at radius 3 is 2.40 bits per heavy atom. The highest BCUT2D eigenvalue weighted by molar-refractivity contribution is 6.09. The number of carbonyl (C=O) groups excluding carboxylic acids is 2. The zero-order chi connectivity index (χ0) is 21.5. The van der Waals surface area contributed by atoms with E-state index in [2.05, 4.69) is 6.92 Å². The first-order chi connectivity index (χ1) is 14.6. The Balaban J connectivity index is 1.88. The number of Topliss-reactive ketones (excluding diaryl/α,β-unsaturated/α-hetero) is 1. The van der Waals surface area contributed by atoms with Gasteiger partial charge in [0.15, 0.2) is 11.5 Å². The third-order valence-electron chi connectivity index (χ3n) is 5.52. The van der Waals surface area contributed by atoms with E-state index in [-0.39, 0.29) is 17.8 Å². The van der Waals surface area contributed by atoms with Crippen molar-refractivity contribution in [2.75, 3.05) is 13.7 Å². The van der Waals surface area contributed by atoms with Crippen LogP contribution in [0.5, 0.6) is 5.75 Å². The van der Waals surface area contributed by atoms with E-state index in [4.69, 9.17) is 4.74 Å². The number of benzene rings is 2. The third-order valence-corrected chi connectivity index (χ3v) is 5.52. The van der Waals surface area contributed by atoms with E-state index in [9.17, 15) is 14.7 Å². The van der Waals surface area contributed by atoms with Crippen molar-refractivity contribution in [1.82, 2.24) is 4.90 Å². The van der Waals surface area contributed by atoms with E-state index in [1.807, 2.05) is 54.6 Å². The minimum Gasteiger partial charge on any atom is -0.503 e. The summed E-state index contributed by atoms with van der Waals surface area (Å²) in [5.41, 5.74) is 2.06. The van der Waals surface area contributed by atoms with Crippen molar-refractivity contribution in [3.8, 4) is 5.75 Å². The van der Waals surface area contributed by atoms with Gasteiger partial charge in [-0.15, -0.1) is 0 Å². The van der Waals surface area contributed by atoms with Gasteiger partial charge >= 0.3 is 0 Å². The minimum absolute atomic E-state index is 0.191. The molecule has 1 aliphatic heterocycles. The highest BCUT2D eigenvalue weighted by Crippen LogP contribution is 2.39. The predicted molar refractivity (Wildman–Crippen MR) is 116 cm³/mol. The second-order valence-electron chi connectivity index (χ2n) is 7.55. The van der Waals surface area contributed by atoms with Crippen LogP contribution in [0.15, 0.2) is 65.9 Å². The third kappa shape index (κ3) is 4.73. The van der Waals surface area contributed by atoms with Crippen LogP contribution in [0.3, 0.4) is 0 Å². The summed E-state index contributed by atoms with van der Waals surface area (Å²) in [6.07, 6.45) is 3.64. The molecule has 0 aliphatic carbocycles.